The van der Waals surface area contributed by atoms with Gasteiger partial charge in [0.05, 0.1) is 12.3 Å². The van der Waals surface area contributed by atoms with E-state index in [0.29, 0.717) is 18.1 Å². The summed E-state index contributed by atoms with van der Waals surface area (Å²) < 4.78 is 24.6. The fraction of sp³-hybridized carbons (Fsp3) is 0.294. The maximum Gasteiger partial charge on any atom is 0.167 e. The molecule has 0 aliphatic rings. The predicted molar refractivity (Wildman–Crippen MR) is 82.5 cm³/mol. The Morgan fingerprint density at radius 1 is 1.05 bits per heavy atom. The highest BCUT2D eigenvalue weighted by atomic mass is 19.1. The minimum Gasteiger partial charge on any atom is -0.491 e. The highest BCUT2D eigenvalue weighted by Crippen LogP contribution is 2.33. The molecule has 0 aliphatic carbocycles. The molecule has 0 saturated heterocycles. The fourth-order valence-corrected chi connectivity index (χ4v) is 2.04. The predicted octanol–water partition coefficient (Wildman–Crippen LogP) is 4.55. The second-order valence-corrected chi connectivity index (χ2v) is 4.75. The Labute approximate surface area is 124 Å². The average Bonchev–Trinajstić information content (AvgIpc) is 2.46. The molecule has 2 N–H and O–H groups in total. The van der Waals surface area contributed by atoms with E-state index in [1.165, 1.54) is 17.7 Å². The van der Waals surface area contributed by atoms with Crippen LogP contribution in [-0.4, -0.2) is 6.61 Å². The second-order valence-electron chi connectivity index (χ2n) is 4.75. The zero-order chi connectivity index (χ0) is 15.2. The van der Waals surface area contributed by atoms with Crippen molar-refractivity contribution in [1.29, 1.82) is 0 Å². The number of rotatable bonds is 6. The molecule has 2 aromatic rings. The molecule has 0 unspecified atom stereocenters. The third-order valence-electron chi connectivity index (χ3n) is 3.05. The van der Waals surface area contributed by atoms with Gasteiger partial charge in [-0.1, -0.05) is 25.5 Å². The van der Waals surface area contributed by atoms with E-state index < -0.39 is 5.82 Å². The van der Waals surface area contributed by atoms with Gasteiger partial charge in [-0.2, -0.15) is 0 Å². The molecule has 0 spiro atoms. The van der Waals surface area contributed by atoms with Gasteiger partial charge in [-0.15, -0.1) is 0 Å². The average molecular weight is 289 g/mol. The van der Waals surface area contributed by atoms with Crippen molar-refractivity contribution in [2.75, 3.05) is 12.3 Å². The van der Waals surface area contributed by atoms with Crippen molar-refractivity contribution >= 4 is 5.69 Å². The molecule has 112 valence electrons. The number of anilines is 1. The van der Waals surface area contributed by atoms with Crippen molar-refractivity contribution in [3.05, 3.63) is 47.8 Å². The van der Waals surface area contributed by atoms with Gasteiger partial charge in [0.2, 0.25) is 0 Å². The van der Waals surface area contributed by atoms with Gasteiger partial charge in [0.1, 0.15) is 5.75 Å². The minimum absolute atomic E-state index is 0.143. The summed E-state index contributed by atoms with van der Waals surface area (Å²) >= 11 is 0. The zero-order valence-corrected chi connectivity index (χ0v) is 12.4. The van der Waals surface area contributed by atoms with Crippen LogP contribution < -0.4 is 15.2 Å². The molecular weight excluding hydrogens is 269 g/mol. The van der Waals surface area contributed by atoms with Gasteiger partial charge >= 0.3 is 0 Å². The van der Waals surface area contributed by atoms with E-state index in [1.807, 2.05) is 24.3 Å². The van der Waals surface area contributed by atoms with E-state index in [4.69, 9.17) is 15.2 Å². The summed E-state index contributed by atoms with van der Waals surface area (Å²) in [6.07, 6.45) is 2.14. The van der Waals surface area contributed by atoms with Crippen molar-refractivity contribution in [3.8, 4) is 17.2 Å². The maximum absolute atomic E-state index is 13.6. The lowest BCUT2D eigenvalue weighted by molar-refractivity contribution is 0.319. The number of hydrogen-bond acceptors (Lipinski definition) is 3. The molecule has 0 amide bonds. The van der Waals surface area contributed by atoms with Crippen LogP contribution in [-0.2, 0) is 6.42 Å². The molecule has 21 heavy (non-hydrogen) atoms. The minimum atomic E-state index is -0.486. The van der Waals surface area contributed by atoms with Crippen LogP contribution in [0.4, 0.5) is 10.1 Å². The van der Waals surface area contributed by atoms with Crippen LogP contribution in [0.25, 0.3) is 0 Å². The zero-order valence-electron chi connectivity index (χ0n) is 12.4. The lowest BCUT2D eigenvalue weighted by Crippen LogP contribution is -1.99. The van der Waals surface area contributed by atoms with Gasteiger partial charge in [-0.3, -0.25) is 0 Å². The van der Waals surface area contributed by atoms with Crippen LogP contribution in [0.1, 0.15) is 25.8 Å². The molecule has 3 nitrogen and oxygen atoms in total. The first-order valence-electron chi connectivity index (χ1n) is 7.12. The normalized spacial score (nSPS) is 10.4. The number of nitrogen functional groups attached to an aromatic ring is 1. The van der Waals surface area contributed by atoms with Crippen molar-refractivity contribution in [2.24, 2.45) is 0 Å². The SMILES string of the molecule is CCCc1ccc(Oc2cc(OCC)c(F)cc2N)cc1. The maximum atomic E-state index is 13.6. The van der Waals surface area contributed by atoms with E-state index in [0.717, 1.165) is 12.8 Å². The van der Waals surface area contributed by atoms with E-state index in [9.17, 15) is 4.39 Å². The van der Waals surface area contributed by atoms with Crippen molar-refractivity contribution in [1.82, 2.24) is 0 Å². The number of aryl methyl sites for hydroxylation is 1. The first-order chi connectivity index (χ1) is 10.1. The molecule has 0 aliphatic heterocycles. The molecule has 0 aromatic heterocycles. The third kappa shape index (κ3) is 3.88. The molecule has 0 radical (unpaired) electrons. The van der Waals surface area contributed by atoms with Crippen molar-refractivity contribution in [2.45, 2.75) is 26.7 Å². The van der Waals surface area contributed by atoms with Gasteiger partial charge < -0.3 is 15.2 Å². The van der Waals surface area contributed by atoms with Crippen LogP contribution in [0.2, 0.25) is 0 Å². The lowest BCUT2D eigenvalue weighted by atomic mass is 10.1. The van der Waals surface area contributed by atoms with Gasteiger partial charge in [0.15, 0.2) is 17.3 Å². The Balaban J connectivity index is 2.20. The summed E-state index contributed by atoms with van der Waals surface area (Å²) in [4.78, 5) is 0. The Hall–Kier alpha value is -2.23. The topological polar surface area (TPSA) is 44.5 Å². The van der Waals surface area contributed by atoms with Crippen LogP contribution in [0.5, 0.6) is 17.2 Å². The molecule has 2 rings (SSSR count). The summed E-state index contributed by atoms with van der Waals surface area (Å²) in [5, 5.41) is 0. The number of hydrogen-bond donors (Lipinski definition) is 1. The molecule has 4 heteroatoms. The Bertz CT molecular complexity index is 596. The fourth-order valence-electron chi connectivity index (χ4n) is 2.04. The van der Waals surface area contributed by atoms with Gasteiger partial charge in [0.25, 0.3) is 0 Å². The molecule has 0 fully saturated rings. The largest absolute Gasteiger partial charge is 0.491 e. The summed E-state index contributed by atoms with van der Waals surface area (Å²) in [6, 6.07) is 10.5. The summed E-state index contributed by atoms with van der Waals surface area (Å²) in [5.74, 6) is 0.711. The molecule has 0 atom stereocenters. The molecule has 2 aromatic carbocycles. The van der Waals surface area contributed by atoms with Gasteiger partial charge in [0, 0.05) is 12.1 Å². The van der Waals surface area contributed by atoms with E-state index >= 15 is 0 Å². The van der Waals surface area contributed by atoms with Crippen LogP contribution >= 0.6 is 0 Å². The third-order valence-corrected chi connectivity index (χ3v) is 3.05. The smallest absolute Gasteiger partial charge is 0.167 e. The van der Waals surface area contributed by atoms with Crippen LogP contribution in [0.15, 0.2) is 36.4 Å². The molecule has 0 saturated carbocycles. The second kappa shape index (κ2) is 6.97. The van der Waals surface area contributed by atoms with Crippen molar-refractivity contribution < 1.29 is 13.9 Å². The van der Waals surface area contributed by atoms with Crippen molar-refractivity contribution in [3.63, 3.8) is 0 Å². The highest BCUT2D eigenvalue weighted by molar-refractivity contribution is 5.57. The standard InChI is InChI=1S/C17H20FNO2/c1-3-5-12-6-8-13(9-7-12)21-17-11-16(20-4-2)14(18)10-15(17)19/h6-11H,3-5,19H2,1-2H3. The first-order valence-corrected chi connectivity index (χ1v) is 7.12. The van der Waals surface area contributed by atoms with Gasteiger partial charge in [-0.05, 0) is 31.0 Å². The Morgan fingerprint density at radius 3 is 2.38 bits per heavy atom. The van der Waals surface area contributed by atoms with Crippen LogP contribution in [0.3, 0.4) is 0 Å². The monoisotopic (exact) mass is 289 g/mol. The molecule has 0 bridgehead atoms. The van der Waals surface area contributed by atoms with E-state index in [-0.39, 0.29) is 11.4 Å². The Kier molecular flexibility index (Phi) is 5.04. The summed E-state index contributed by atoms with van der Waals surface area (Å²) in [6.45, 7) is 4.31. The summed E-state index contributed by atoms with van der Waals surface area (Å²) in [7, 11) is 0. The quantitative estimate of drug-likeness (QED) is 0.793. The van der Waals surface area contributed by atoms with Gasteiger partial charge in [-0.25, -0.2) is 4.39 Å². The lowest BCUT2D eigenvalue weighted by Gasteiger charge is -2.12. The number of halogens is 1. The van der Waals surface area contributed by atoms with E-state index in [1.54, 1.807) is 6.92 Å². The summed E-state index contributed by atoms with van der Waals surface area (Å²) in [5.41, 5.74) is 7.29. The van der Waals surface area contributed by atoms with E-state index in [2.05, 4.69) is 6.92 Å². The van der Waals surface area contributed by atoms with Crippen LogP contribution in [0, 0.1) is 5.82 Å². The number of benzene rings is 2. The molecular formula is C17H20FNO2. The number of nitrogens with two attached hydrogens (primary N) is 1. The highest BCUT2D eigenvalue weighted by Gasteiger charge is 2.10. The Morgan fingerprint density at radius 2 is 1.76 bits per heavy atom. The molecule has 0 heterocycles. The number of ether oxygens (including phenoxy) is 2. The first kappa shape index (κ1) is 15.2.